The van der Waals surface area contributed by atoms with Crippen molar-refractivity contribution in [2.75, 3.05) is 0 Å². The van der Waals surface area contributed by atoms with Gasteiger partial charge in [0.2, 0.25) is 0 Å². The molecule has 0 saturated heterocycles. The van der Waals surface area contributed by atoms with Crippen molar-refractivity contribution in [3.63, 3.8) is 0 Å². The Morgan fingerprint density at radius 3 is 2.53 bits per heavy atom. The Balaban J connectivity index is 2.60. The van der Waals surface area contributed by atoms with Crippen LogP contribution in [0.1, 0.15) is 21.7 Å². The molecule has 0 spiro atoms. The number of nitrogens with zero attached hydrogens (tertiary/aromatic N) is 2. The summed E-state index contributed by atoms with van der Waals surface area (Å²) in [5.41, 5.74) is 9.32. The number of benzene rings is 1. The minimum atomic E-state index is -0.862. The van der Waals surface area contributed by atoms with Crippen LogP contribution in [0.25, 0.3) is 11.3 Å². The molecular weight excluding hydrogens is 285 g/mol. The van der Waals surface area contributed by atoms with Gasteiger partial charge in [-0.15, -0.1) is 0 Å². The fourth-order valence-electron chi connectivity index (χ4n) is 1.87. The fourth-order valence-corrected chi connectivity index (χ4v) is 2.18. The molecule has 0 saturated carbocycles. The summed E-state index contributed by atoms with van der Waals surface area (Å²) in [4.78, 5) is 10.5. The monoisotopic (exact) mass is 297 g/mol. The van der Waals surface area contributed by atoms with Gasteiger partial charge in [0.25, 0.3) is 0 Å². The Morgan fingerprint density at radius 2 is 2.00 bits per heavy atom. The average molecular weight is 298 g/mol. The molecule has 1 heterocycles. The van der Waals surface area contributed by atoms with E-state index in [-0.39, 0.29) is 0 Å². The molecule has 1 aromatic carbocycles. The van der Waals surface area contributed by atoms with Crippen LogP contribution in [0.2, 0.25) is 0 Å². The lowest BCUT2D eigenvalue weighted by atomic mass is 10.0. The lowest BCUT2D eigenvalue weighted by molar-refractivity contribution is 0.247. The topological polar surface area (TPSA) is 60.9 Å². The summed E-state index contributed by atoms with van der Waals surface area (Å²) < 4.78 is 1.03. The molecule has 0 bridgehead atoms. The highest BCUT2D eigenvalue weighted by Gasteiger charge is 2.18. The van der Waals surface area contributed by atoms with Gasteiger partial charge < -0.3 is 5.73 Å². The molecule has 19 heavy (non-hydrogen) atoms. The first-order valence-electron chi connectivity index (χ1n) is 5.65. The predicted octanol–water partition coefficient (Wildman–Crippen LogP) is 3.57. The number of alkyl halides is 2. The van der Waals surface area contributed by atoms with E-state index in [0.29, 0.717) is 11.4 Å². The largest absolute Gasteiger partial charge is 0.350 e. The summed E-state index contributed by atoms with van der Waals surface area (Å²) in [6, 6.07) is 6.96. The van der Waals surface area contributed by atoms with Gasteiger partial charge in [-0.05, 0) is 31.5 Å². The van der Waals surface area contributed by atoms with Crippen molar-refractivity contribution in [3.8, 4) is 11.3 Å². The Kier molecular flexibility index (Phi) is 3.83. The van der Waals surface area contributed by atoms with E-state index in [2.05, 4.69) is 5.10 Å². The summed E-state index contributed by atoms with van der Waals surface area (Å²) in [6.07, 6.45) is 0. The maximum atomic E-state index is 11.3. The molecule has 0 aliphatic carbocycles. The van der Waals surface area contributed by atoms with Crippen LogP contribution in [0.3, 0.4) is 0 Å². The number of carbonyl (C=O) groups excluding carboxylic acids is 1. The highest BCUT2D eigenvalue weighted by atomic mass is 35.5. The number of carbonyl (C=O) groups is 1. The molecule has 1 amide bonds. The summed E-state index contributed by atoms with van der Waals surface area (Å²) in [5, 5.41) is 4.18. The molecule has 6 heteroatoms. The third-order valence-corrected chi connectivity index (χ3v) is 3.29. The van der Waals surface area contributed by atoms with Crippen LogP contribution in [-0.4, -0.2) is 15.8 Å². The van der Waals surface area contributed by atoms with E-state index in [4.69, 9.17) is 28.9 Å². The standard InChI is InChI=1S/C13H13Cl2N3O/c1-7-3-4-8(2)9(5-7)10-6-11(12(14)15)18(17-10)13(16)19/h3-6,12H,1-2H3,(H2,16,19). The van der Waals surface area contributed by atoms with Crippen LogP contribution in [0.15, 0.2) is 24.3 Å². The molecule has 1 aromatic heterocycles. The van der Waals surface area contributed by atoms with E-state index in [1.165, 1.54) is 0 Å². The van der Waals surface area contributed by atoms with E-state index in [1.54, 1.807) is 6.07 Å². The summed E-state index contributed by atoms with van der Waals surface area (Å²) in [5.74, 6) is 0. The molecule has 2 rings (SSSR count). The second-order valence-corrected chi connectivity index (χ2v) is 5.42. The molecule has 0 radical (unpaired) electrons. The van der Waals surface area contributed by atoms with Gasteiger partial charge in [0, 0.05) is 5.56 Å². The maximum absolute atomic E-state index is 11.3. The van der Waals surface area contributed by atoms with E-state index in [0.717, 1.165) is 21.4 Å². The highest BCUT2D eigenvalue weighted by Crippen LogP contribution is 2.30. The number of halogens is 2. The van der Waals surface area contributed by atoms with Crippen LogP contribution in [0.5, 0.6) is 0 Å². The van der Waals surface area contributed by atoms with Gasteiger partial charge in [-0.25, -0.2) is 4.79 Å². The Hall–Kier alpha value is -1.52. The van der Waals surface area contributed by atoms with Gasteiger partial charge in [-0.2, -0.15) is 9.78 Å². The zero-order chi connectivity index (χ0) is 14.2. The fraction of sp³-hybridized carbons (Fsp3) is 0.231. The van der Waals surface area contributed by atoms with Gasteiger partial charge in [0.15, 0.2) is 0 Å². The number of hydrogen-bond donors (Lipinski definition) is 1. The van der Waals surface area contributed by atoms with E-state index < -0.39 is 10.9 Å². The van der Waals surface area contributed by atoms with Crippen LogP contribution in [0.4, 0.5) is 4.79 Å². The third kappa shape index (κ3) is 2.74. The average Bonchev–Trinajstić information content (AvgIpc) is 2.77. The van der Waals surface area contributed by atoms with E-state index >= 15 is 0 Å². The van der Waals surface area contributed by atoms with E-state index in [9.17, 15) is 4.79 Å². The first-order chi connectivity index (χ1) is 8.90. The van der Waals surface area contributed by atoms with Gasteiger partial charge >= 0.3 is 6.03 Å². The molecule has 100 valence electrons. The summed E-state index contributed by atoms with van der Waals surface area (Å²) >= 11 is 11.6. The smallest absolute Gasteiger partial charge is 0.339 e. The number of aromatic nitrogens is 2. The van der Waals surface area contributed by atoms with Crippen LogP contribution < -0.4 is 5.73 Å². The van der Waals surface area contributed by atoms with Gasteiger partial charge in [0.05, 0.1) is 11.4 Å². The highest BCUT2D eigenvalue weighted by molar-refractivity contribution is 6.44. The molecule has 0 aliphatic rings. The molecule has 0 atom stereocenters. The van der Waals surface area contributed by atoms with Gasteiger partial charge in [-0.3, -0.25) is 0 Å². The third-order valence-electron chi connectivity index (χ3n) is 2.84. The Morgan fingerprint density at radius 1 is 1.32 bits per heavy atom. The number of rotatable bonds is 2. The van der Waals surface area contributed by atoms with E-state index in [1.807, 2.05) is 32.0 Å². The lowest BCUT2D eigenvalue weighted by Crippen LogP contribution is -2.22. The number of primary amides is 1. The maximum Gasteiger partial charge on any atom is 0.339 e. The van der Waals surface area contributed by atoms with Crippen molar-refractivity contribution in [1.29, 1.82) is 0 Å². The molecule has 2 aromatic rings. The molecule has 0 fully saturated rings. The second kappa shape index (κ2) is 5.23. The van der Waals surface area contributed by atoms with Gasteiger partial charge in [0.1, 0.15) is 4.84 Å². The van der Waals surface area contributed by atoms with Crippen molar-refractivity contribution >= 4 is 29.2 Å². The number of aryl methyl sites for hydroxylation is 2. The summed E-state index contributed by atoms with van der Waals surface area (Å²) in [6.45, 7) is 3.96. The SMILES string of the molecule is Cc1ccc(C)c(-c2cc(C(Cl)Cl)n(C(N)=O)n2)c1. The summed E-state index contributed by atoms with van der Waals surface area (Å²) in [7, 11) is 0. The Bertz CT molecular complexity index is 635. The van der Waals surface area contributed by atoms with Crippen molar-refractivity contribution in [3.05, 3.63) is 41.1 Å². The minimum absolute atomic E-state index is 0.367. The molecule has 2 N–H and O–H groups in total. The number of nitrogens with two attached hydrogens (primary N) is 1. The van der Waals surface area contributed by atoms with Crippen LogP contribution >= 0.6 is 23.2 Å². The normalized spacial score (nSPS) is 11.0. The Labute approximate surface area is 121 Å². The second-order valence-electron chi connectivity index (χ2n) is 4.32. The minimum Gasteiger partial charge on any atom is -0.350 e. The van der Waals surface area contributed by atoms with Crippen molar-refractivity contribution in [2.24, 2.45) is 5.73 Å². The number of hydrogen-bond acceptors (Lipinski definition) is 2. The molecular formula is C13H13Cl2N3O. The van der Waals surface area contributed by atoms with Crippen molar-refractivity contribution in [1.82, 2.24) is 9.78 Å². The quantitative estimate of drug-likeness (QED) is 0.861. The predicted molar refractivity (Wildman–Crippen MR) is 76.6 cm³/mol. The molecule has 4 nitrogen and oxygen atoms in total. The van der Waals surface area contributed by atoms with Gasteiger partial charge in [-0.1, -0.05) is 40.9 Å². The van der Waals surface area contributed by atoms with Crippen molar-refractivity contribution < 1.29 is 4.79 Å². The van der Waals surface area contributed by atoms with Crippen molar-refractivity contribution in [2.45, 2.75) is 18.7 Å². The first-order valence-corrected chi connectivity index (χ1v) is 6.53. The van der Waals surface area contributed by atoms with Crippen LogP contribution in [0, 0.1) is 13.8 Å². The van der Waals surface area contributed by atoms with Crippen LogP contribution in [-0.2, 0) is 0 Å². The lowest BCUT2D eigenvalue weighted by Gasteiger charge is -2.03. The first kappa shape index (κ1) is 13.9. The molecule has 0 aliphatic heterocycles. The zero-order valence-corrected chi connectivity index (χ0v) is 12.0. The number of amides is 1. The zero-order valence-electron chi connectivity index (χ0n) is 10.5. The molecule has 0 unspecified atom stereocenters.